The van der Waals surface area contributed by atoms with Crippen LogP contribution in [0.2, 0.25) is 0 Å². The molecule has 4 N–H and O–H groups in total. The van der Waals surface area contributed by atoms with E-state index in [1.165, 1.54) is 22.0 Å². The third-order valence-corrected chi connectivity index (χ3v) is 4.30. The number of anilines is 1. The van der Waals surface area contributed by atoms with Crippen molar-refractivity contribution < 1.29 is 0 Å². The number of rotatable bonds is 4. The molecule has 0 saturated carbocycles. The molecule has 23 heavy (non-hydrogen) atoms. The van der Waals surface area contributed by atoms with Gasteiger partial charge in [0.1, 0.15) is 0 Å². The van der Waals surface area contributed by atoms with Crippen LogP contribution in [0.4, 0.5) is 5.13 Å². The molecule has 0 unspecified atom stereocenters. The van der Waals surface area contributed by atoms with Crippen LogP contribution in [-0.2, 0) is 0 Å². The summed E-state index contributed by atoms with van der Waals surface area (Å²) in [5.41, 5.74) is 9.83. The van der Waals surface area contributed by atoms with Gasteiger partial charge >= 0.3 is 0 Å². The third kappa shape index (κ3) is 4.87. The molecule has 0 fully saturated rings. The number of aryl methyl sites for hydroxylation is 2. The van der Waals surface area contributed by atoms with Gasteiger partial charge in [0.2, 0.25) is 0 Å². The molecule has 1 heterocycles. The van der Waals surface area contributed by atoms with Gasteiger partial charge in [-0.05, 0) is 37.1 Å². The Kier molecular flexibility index (Phi) is 6.26. The number of thiazole rings is 1. The zero-order chi connectivity index (χ0) is 16.7. The van der Waals surface area contributed by atoms with Crippen LogP contribution in [0.15, 0.2) is 42.5 Å². The summed E-state index contributed by atoms with van der Waals surface area (Å²) < 4.78 is 1.21. The minimum atomic E-state index is 0.635. The molecule has 3 aromatic rings. The fourth-order valence-electron chi connectivity index (χ4n) is 2.04. The number of nitrogens with two attached hydrogens (primary N) is 1. The van der Waals surface area contributed by atoms with Gasteiger partial charge in [-0.2, -0.15) is 0 Å². The van der Waals surface area contributed by atoms with Crippen LogP contribution >= 0.6 is 11.3 Å². The monoisotopic (exact) mass is 326 g/mol. The number of benzene rings is 2. The molecule has 0 saturated heterocycles. The van der Waals surface area contributed by atoms with E-state index in [4.69, 9.17) is 11.1 Å². The standard InChI is InChI=1S/C9H11N3S.C9H11N/c10-5-6-11-9-12-7-3-1-2-4-8(7)13-9;1-7-3-4-8(2)9(5-7)6-10/h1-4H,5-6,10H2,(H,11,12);3-6,10H,1-2H3. The Morgan fingerprint density at radius 3 is 2.65 bits per heavy atom. The zero-order valence-electron chi connectivity index (χ0n) is 13.5. The minimum Gasteiger partial charge on any atom is -0.360 e. The predicted octanol–water partition coefficient (Wildman–Crippen LogP) is 3.97. The molecule has 120 valence electrons. The van der Waals surface area contributed by atoms with Crippen LogP contribution in [0.3, 0.4) is 0 Å². The molecule has 0 bridgehead atoms. The van der Waals surface area contributed by atoms with Crippen LogP contribution in [0.25, 0.3) is 10.2 Å². The quantitative estimate of drug-likeness (QED) is 0.635. The fraction of sp³-hybridized carbons (Fsp3) is 0.222. The summed E-state index contributed by atoms with van der Waals surface area (Å²) in [7, 11) is 0. The van der Waals surface area contributed by atoms with Crippen LogP contribution in [0.5, 0.6) is 0 Å². The van der Waals surface area contributed by atoms with E-state index in [1.807, 2.05) is 44.2 Å². The maximum Gasteiger partial charge on any atom is 0.183 e. The van der Waals surface area contributed by atoms with Gasteiger partial charge in [-0.15, -0.1) is 0 Å². The molecule has 3 rings (SSSR count). The van der Waals surface area contributed by atoms with Crippen molar-refractivity contribution in [3.63, 3.8) is 0 Å². The fourth-order valence-corrected chi connectivity index (χ4v) is 2.93. The first-order valence-electron chi connectivity index (χ1n) is 7.51. The molecule has 0 aliphatic carbocycles. The van der Waals surface area contributed by atoms with E-state index in [-0.39, 0.29) is 0 Å². The van der Waals surface area contributed by atoms with Crippen molar-refractivity contribution in [3.8, 4) is 0 Å². The maximum absolute atomic E-state index is 7.06. The van der Waals surface area contributed by atoms with E-state index < -0.39 is 0 Å². The van der Waals surface area contributed by atoms with Crippen LogP contribution < -0.4 is 11.1 Å². The van der Waals surface area contributed by atoms with E-state index in [9.17, 15) is 0 Å². The summed E-state index contributed by atoms with van der Waals surface area (Å²) in [6.07, 6.45) is 1.39. The lowest BCUT2D eigenvalue weighted by atomic mass is 10.1. The molecule has 0 aliphatic rings. The van der Waals surface area contributed by atoms with Gasteiger partial charge in [-0.3, -0.25) is 0 Å². The Morgan fingerprint density at radius 2 is 2.00 bits per heavy atom. The van der Waals surface area contributed by atoms with Crippen molar-refractivity contribution in [3.05, 3.63) is 59.2 Å². The Balaban J connectivity index is 0.000000174. The lowest BCUT2D eigenvalue weighted by Crippen LogP contribution is -2.12. The van der Waals surface area contributed by atoms with Gasteiger partial charge in [0.15, 0.2) is 5.13 Å². The SMILES string of the molecule is Cc1ccc(C)c(C=N)c1.NCCNc1nc2ccccc2s1. The highest BCUT2D eigenvalue weighted by Crippen LogP contribution is 2.24. The number of hydrogen-bond donors (Lipinski definition) is 3. The van der Waals surface area contributed by atoms with Crippen molar-refractivity contribution >= 4 is 32.9 Å². The lowest BCUT2D eigenvalue weighted by Gasteiger charge is -1.98. The van der Waals surface area contributed by atoms with E-state index >= 15 is 0 Å². The van der Waals surface area contributed by atoms with Gasteiger partial charge in [0.25, 0.3) is 0 Å². The van der Waals surface area contributed by atoms with Crippen molar-refractivity contribution in [2.75, 3.05) is 18.4 Å². The second-order valence-electron chi connectivity index (χ2n) is 5.21. The first-order chi connectivity index (χ1) is 11.1. The summed E-state index contributed by atoms with van der Waals surface area (Å²) in [6, 6.07) is 14.2. The van der Waals surface area contributed by atoms with Gasteiger partial charge in [0, 0.05) is 19.3 Å². The summed E-state index contributed by atoms with van der Waals surface area (Å²) in [4.78, 5) is 4.40. The largest absolute Gasteiger partial charge is 0.360 e. The normalized spacial score (nSPS) is 10.0. The molecule has 2 aromatic carbocycles. The third-order valence-electron chi connectivity index (χ3n) is 3.30. The summed E-state index contributed by atoms with van der Waals surface area (Å²) in [5.74, 6) is 0. The van der Waals surface area contributed by atoms with Gasteiger partial charge in [-0.25, -0.2) is 4.98 Å². The Bertz CT molecular complexity index is 747. The van der Waals surface area contributed by atoms with Gasteiger partial charge < -0.3 is 16.5 Å². The molecule has 0 radical (unpaired) electrons. The molecule has 4 nitrogen and oxygen atoms in total. The highest BCUT2D eigenvalue weighted by Gasteiger charge is 2.00. The van der Waals surface area contributed by atoms with E-state index in [1.54, 1.807) is 11.3 Å². The molecule has 0 aliphatic heterocycles. The first kappa shape index (κ1) is 17.1. The molecule has 1 aromatic heterocycles. The van der Waals surface area contributed by atoms with Crippen LogP contribution in [-0.4, -0.2) is 24.3 Å². The van der Waals surface area contributed by atoms with Gasteiger partial charge in [-0.1, -0.05) is 47.2 Å². The van der Waals surface area contributed by atoms with E-state index in [0.29, 0.717) is 6.54 Å². The Labute approximate surface area is 140 Å². The molecule has 0 spiro atoms. The molecular weight excluding hydrogens is 304 g/mol. The number of nitrogens with one attached hydrogen (secondary N) is 2. The highest BCUT2D eigenvalue weighted by molar-refractivity contribution is 7.22. The van der Waals surface area contributed by atoms with Gasteiger partial charge in [0.05, 0.1) is 10.2 Å². The maximum atomic E-state index is 7.06. The number of aromatic nitrogens is 1. The number of para-hydroxylation sites is 1. The number of nitrogens with zero attached hydrogens (tertiary/aromatic N) is 1. The summed E-state index contributed by atoms with van der Waals surface area (Å²) in [5, 5.41) is 11.2. The molecule has 0 atom stereocenters. The topological polar surface area (TPSA) is 74.8 Å². The van der Waals surface area contributed by atoms with Crippen molar-refractivity contribution in [2.24, 2.45) is 5.73 Å². The zero-order valence-corrected chi connectivity index (χ0v) is 14.3. The first-order valence-corrected chi connectivity index (χ1v) is 8.33. The number of fused-ring (bicyclic) bond motifs is 1. The molecular formula is C18H22N4S. The average Bonchev–Trinajstić information content (AvgIpc) is 2.98. The highest BCUT2D eigenvalue weighted by atomic mass is 32.1. The summed E-state index contributed by atoms with van der Waals surface area (Å²) in [6.45, 7) is 5.46. The van der Waals surface area contributed by atoms with Crippen molar-refractivity contribution in [1.29, 1.82) is 5.41 Å². The Morgan fingerprint density at radius 1 is 1.22 bits per heavy atom. The average molecular weight is 326 g/mol. The van der Waals surface area contributed by atoms with Crippen molar-refractivity contribution in [1.82, 2.24) is 4.98 Å². The smallest absolute Gasteiger partial charge is 0.183 e. The van der Waals surface area contributed by atoms with Crippen molar-refractivity contribution in [2.45, 2.75) is 13.8 Å². The van der Waals surface area contributed by atoms with E-state index in [0.717, 1.165) is 22.8 Å². The molecule has 5 heteroatoms. The number of hydrogen-bond acceptors (Lipinski definition) is 5. The Hall–Kier alpha value is -2.24. The summed E-state index contributed by atoms with van der Waals surface area (Å²) >= 11 is 1.66. The van der Waals surface area contributed by atoms with Crippen LogP contribution in [0.1, 0.15) is 16.7 Å². The molecule has 0 amide bonds. The second-order valence-corrected chi connectivity index (χ2v) is 6.24. The minimum absolute atomic E-state index is 0.635. The van der Waals surface area contributed by atoms with Crippen LogP contribution in [0, 0.1) is 19.3 Å². The second kappa shape index (κ2) is 8.41. The predicted molar refractivity (Wildman–Crippen MR) is 101 cm³/mol. The van der Waals surface area contributed by atoms with E-state index in [2.05, 4.69) is 22.4 Å². The lowest BCUT2D eigenvalue weighted by molar-refractivity contribution is 1.02.